The lowest BCUT2D eigenvalue weighted by molar-refractivity contribution is -0.116. The molecule has 0 bridgehead atoms. The van der Waals surface area contributed by atoms with Gasteiger partial charge in [0.1, 0.15) is 0 Å². The summed E-state index contributed by atoms with van der Waals surface area (Å²) in [4.78, 5) is 24.4. The molecule has 1 atom stereocenters. The highest BCUT2D eigenvalue weighted by molar-refractivity contribution is 9.10. The number of nitrogens with zero attached hydrogens (tertiary/aromatic N) is 2. The number of anilines is 1. The van der Waals surface area contributed by atoms with Crippen LogP contribution in [0.4, 0.5) is 5.69 Å². The second-order valence-electron chi connectivity index (χ2n) is 6.38. The van der Waals surface area contributed by atoms with Crippen molar-refractivity contribution in [1.82, 2.24) is 10.2 Å². The molecule has 8 heteroatoms. The van der Waals surface area contributed by atoms with Crippen LogP contribution < -0.4 is 5.32 Å². The maximum atomic E-state index is 12.7. The fourth-order valence-electron chi connectivity index (χ4n) is 2.57. The van der Waals surface area contributed by atoms with E-state index in [1.54, 1.807) is 31.2 Å². The number of thioether (sulfide) groups is 1. The van der Waals surface area contributed by atoms with Crippen molar-refractivity contribution >= 4 is 45.1 Å². The van der Waals surface area contributed by atoms with Crippen LogP contribution in [0.25, 0.3) is 11.5 Å². The van der Waals surface area contributed by atoms with Crippen molar-refractivity contribution in [2.75, 3.05) is 5.32 Å². The summed E-state index contributed by atoms with van der Waals surface area (Å²) in [6.45, 7) is 3.75. The number of amides is 1. The predicted octanol–water partition coefficient (Wildman–Crippen LogP) is 5.60. The Balaban J connectivity index is 1.62. The summed E-state index contributed by atoms with van der Waals surface area (Å²) in [5.74, 6) is 0.324. The molecule has 0 fully saturated rings. The number of hydrogen-bond donors (Lipinski definition) is 1. The lowest BCUT2D eigenvalue weighted by Crippen LogP contribution is -2.14. The van der Waals surface area contributed by atoms with Crippen molar-refractivity contribution in [3.05, 3.63) is 58.6 Å². The van der Waals surface area contributed by atoms with Gasteiger partial charge in [0.15, 0.2) is 5.78 Å². The van der Waals surface area contributed by atoms with Crippen LogP contribution in [0.2, 0.25) is 0 Å². The lowest BCUT2D eigenvalue weighted by atomic mass is 10.1. The molecule has 0 spiro atoms. The van der Waals surface area contributed by atoms with Crippen LogP contribution in [0.5, 0.6) is 0 Å². The molecule has 6 nitrogen and oxygen atoms in total. The average molecular weight is 474 g/mol. The third kappa shape index (κ3) is 5.77. The molecule has 1 amide bonds. The Kier molecular flexibility index (Phi) is 7.22. The number of halogens is 1. The van der Waals surface area contributed by atoms with Crippen LogP contribution in [-0.2, 0) is 4.79 Å². The number of Topliss-reactive ketones (excluding diaryl/α,β-unsaturated/α-hetero) is 1. The molecule has 1 heterocycles. The van der Waals surface area contributed by atoms with Crippen LogP contribution in [0, 0.1) is 0 Å². The third-order valence-electron chi connectivity index (χ3n) is 4.07. The summed E-state index contributed by atoms with van der Waals surface area (Å²) < 4.78 is 6.64. The van der Waals surface area contributed by atoms with Gasteiger partial charge in [0.2, 0.25) is 11.8 Å². The summed E-state index contributed by atoms with van der Waals surface area (Å²) in [5.41, 5.74) is 2.05. The van der Waals surface area contributed by atoms with Gasteiger partial charge in [0.25, 0.3) is 5.22 Å². The number of aromatic nitrogens is 2. The second kappa shape index (κ2) is 9.84. The fourth-order valence-corrected chi connectivity index (χ4v) is 3.60. The highest BCUT2D eigenvalue weighted by atomic mass is 79.9. The number of carbonyl (C=O) groups is 2. The highest BCUT2D eigenvalue weighted by Gasteiger charge is 2.20. The highest BCUT2D eigenvalue weighted by Crippen LogP contribution is 2.28. The maximum Gasteiger partial charge on any atom is 0.277 e. The number of ketones is 1. The minimum absolute atomic E-state index is 0.0338. The molecule has 0 saturated carbocycles. The SMILES string of the molecule is CCCC(=O)Nc1ccc(C(=O)C(C)Sc2nnc(-c3ccc(Br)cc3)o2)cc1. The summed E-state index contributed by atoms with van der Waals surface area (Å²) in [5, 5.41) is 10.8. The molecule has 1 N–H and O–H groups in total. The van der Waals surface area contributed by atoms with Crippen molar-refractivity contribution in [1.29, 1.82) is 0 Å². The molecule has 0 radical (unpaired) electrons. The van der Waals surface area contributed by atoms with E-state index in [4.69, 9.17) is 4.42 Å². The van der Waals surface area contributed by atoms with Gasteiger partial charge in [-0.1, -0.05) is 34.6 Å². The van der Waals surface area contributed by atoms with E-state index in [9.17, 15) is 9.59 Å². The standard InChI is InChI=1S/C21H20BrN3O3S/c1-3-4-18(26)23-17-11-7-14(8-12-17)19(27)13(2)29-21-25-24-20(28-21)15-5-9-16(22)10-6-15/h5-13H,3-4H2,1-2H3,(H,23,26). The zero-order valence-electron chi connectivity index (χ0n) is 16.0. The topological polar surface area (TPSA) is 85.1 Å². The molecule has 0 aliphatic carbocycles. The Hall–Kier alpha value is -2.45. The van der Waals surface area contributed by atoms with Crippen molar-refractivity contribution in [2.45, 2.75) is 37.2 Å². The Bertz CT molecular complexity index is 987. The van der Waals surface area contributed by atoms with Gasteiger partial charge in [-0.05, 0) is 61.9 Å². The smallest absolute Gasteiger partial charge is 0.277 e. The molecule has 1 unspecified atom stereocenters. The van der Waals surface area contributed by atoms with E-state index in [1.807, 2.05) is 31.2 Å². The van der Waals surface area contributed by atoms with E-state index in [0.29, 0.717) is 28.8 Å². The van der Waals surface area contributed by atoms with Crippen LogP contribution in [0.1, 0.15) is 37.0 Å². The number of benzene rings is 2. The number of nitrogens with one attached hydrogen (secondary N) is 1. The maximum absolute atomic E-state index is 12.7. The van der Waals surface area contributed by atoms with Gasteiger partial charge in [0, 0.05) is 27.7 Å². The Morgan fingerprint density at radius 1 is 1.10 bits per heavy atom. The molecule has 150 valence electrons. The first-order valence-corrected chi connectivity index (χ1v) is 10.8. The quantitative estimate of drug-likeness (QED) is 0.338. The zero-order chi connectivity index (χ0) is 20.8. The molecule has 0 aliphatic rings. The first kappa shape index (κ1) is 21.3. The van der Waals surface area contributed by atoms with E-state index >= 15 is 0 Å². The summed E-state index contributed by atoms with van der Waals surface area (Å²) in [6.07, 6.45) is 1.26. The van der Waals surface area contributed by atoms with Crippen molar-refractivity contribution in [3.8, 4) is 11.5 Å². The van der Waals surface area contributed by atoms with Crippen LogP contribution >= 0.6 is 27.7 Å². The van der Waals surface area contributed by atoms with E-state index in [0.717, 1.165) is 16.5 Å². The Morgan fingerprint density at radius 2 is 1.79 bits per heavy atom. The van der Waals surface area contributed by atoms with E-state index < -0.39 is 5.25 Å². The summed E-state index contributed by atoms with van der Waals surface area (Å²) in [7, 11) is 0. The van der Waals surface area contributed by atoms with Gasteiger partial charge in [0.05, 0.1) is 5.25 Å². The zero-order valence-corrected chi connectivity index (χ0v) is 18.4. The minimum Gasteiger partial charge on any atom is -0.411 e. The van der Waals surface area contributed by atoms with E-state index in [-0.39, 0.29) is 11.7 Å². The van der Waals surface area contributed by atoms with Gasteiger partial charge in [-0.2, -0.15) is 0 Å². The normalized spacial score (nSPS) is 11.8. The van der Waals surface area contributed by atoms with E-state index in [1.165, 1.54) is 11.8 Å². The Morgan fingerprint density at radius 3 is 2.45 bits per heavy atom. The molecule has 2 aromatic carbocycles. The molecule has 0 saturated heterocycles. The molecule has 3 aromatic rings. The molecular formula is C21H20BrN3O3S. The molecular weight excluding hydrogens is 454 g/mol. The second-order valence-corrected chi connectivity index (χ2v) is 8.59. The van der Waals surface area contributed by atoms with Crippen LogP contribution in [0.15, 0.2) is 62.6 Å². The van der Waals surface area contributed by atoms with Crippen LogP contribution in [0.3, 0.4) is 0 Å². The number of carbonyl (C=O) groups excluding carboxylic acids is 2. The number of rotatable bonds is 8. The molecule has 1 aromatic heterocycles. The van der Waals surface area contributed by atoms with Gasteiger partial charge in [-0.3, -0.25) is 9.59 Å². The summed E-state index contributed by atoms with van der Waals surface area (Å²) in [6, 6.07) is 14.4. The minimum atomic E-state index is -0.395. The first-order valence-electron chi connectivity index (χ1n) is 9.16. The molecule has 0 aliphatic heterocycles. The predicted molar refractivity (Wildman–Crippen MR) is 117 cm³/mol. The van der Waals surface area contributed by atoms with Crippen molar-refractivity contribution in [2.24, 2.45) is 0 Å². The van der Waals surface area contributed by atoms with Crippen molar-refractivity contribution in [3.63, 3.8) is 0 Å². The van der Waals surface area contributed by atoms with Gasteiger partial charge in [-0.15, -0.1) is 10.2 Å². The van der Waals surface area contributed by atoms with Crippen LogP contribution in [-0.4, -0.2) is 27.1 Å². The summed E-state index contributed by atoms with van der Waals surface area (Å²) >= 11 is 4.61. The Labute approximate surface area is 181 Å². The molecule has 29 heavy (non-hydrogen) atoms. The third-order valence-corrected chi connectivity index (χ3v) is 5.54. The first-order chi connectivity index (χ1) is 14.0. The van der Waals surface area contributed by atoms with Gasteiger partial charge < -0.3 is 9.73 Å². The van der Waals surface area contributed by atoms with E-state index in [2.05, 4.69) is 31.4 Å². The largest absolute Gasteiger partial charge is 0.411 e. The fraction of sp³-hybridized carbons (Fsp3) is 0.238. The van der Waals surface area contributed by atoms with Gasteiger partial charge >= 0.3 is 0 Å². The monoisotopic (exact) mass is 473 g/mol. The lowest BCUT2D eigenvalue weighted by Gasteiger charge is -2.09. The van der Waals surface area contributed by atoms with Crippen molar-refractivity contribution < 1.29 is 14.0 Å². The van der Waals surface area contributed by atoms with Gasteiger partial charge in [-0.25, -0.2) is 0 Å². The molecule has 3 rings (SSSR count). The average Bonchev–Trinajstić information content (AvgIpc) is 3.17. The number of hydrogen-bond acceptors (Lipinski definition) is 6.